The van der Waals surface area contributed by atoms with Crippen molar-refractivity contribution in [3.8, 4) is 0 Å². The molecule has 2 aromatic rings. The van der Waals surface area contributed by atoms with Crippen molar-refractivity contribution in [3.63, 3.8) is 0 Å². The minimum Gasteiger partial charge on any atom is -0.398 e. The normalized spacial score (nSPS) is 11.6. The number of nitrogens with zero attached hydrogens (tertiary/aromatic N) is 2. The molecule has 1 aromatic heterocycles. The number of sulfonamides is 1. The molecular weight excluding hydrogens is 264 g/mol. The number of benzene rings is 1. The Kier molecular flexibility index (Phi) is 3.87. The van der Waals surface area contributed by atoms with Gasteiger partial charge in [-0.25, -0.2) is 18.1 Å². The number of hydrogen-bond donors (Lipinski definition) is 2. The maximum Gasteiger partial charge on any atom is 0.216 e. The molecule has 0 aliphatic carbocycles. The molecule has 1 heterocycles. The highest BCUT2D eigenvalue weighted by atomic mass is 32.2. The van der Waals surface area contributed by atoms with Crippen molar-refractivity contribution in [1.29, 1.82) is 0 Å². The monoisotopic (exact) mass is 280 g/mol. The Morgan fingerprint density at radius 2 is 2.11 bits per heavy atom. The molecule has 0 spiro atoms. The first-order valence-electron chi connectivity index (χ1n) is 5.75. The van der Waals surface area contributed by atoms with Gasteiger partial charge in [0.25, 0.3) is 0 Å². The fourth-order valence-electron chi connectivity index (χ4n) is 1.66. The Balaban J connectivity index is 2.04. The molecule has 6 nitrogen and oxygen atoms in total. The molecule has 7 heteroatoms. The van der Waals surface area contributed by atoms with Gasteiger partial charge in [-0.05, 0) is 11.6 Å². The zero-order chi connectivity index (χ0) is 13.9. The number of imidazole rings is 1. The molecule has 0 amide bonds. The number of rotatable bonds is 5. The van der Waals surface area contributed by atoms with E-state index in [1.807, 2.05) is 7.05 Å². The van der Waals surface area contributed by atoms with E-state index < -0.39 is 10.0 Å². The summed E-state index contributed by atoms with van der Waals surface area (Å²) < 4.78 is 28.2. The minimum absolute atomic E-state index is 0.135. The summed E-state index contributed by atoms with van der Waals surface area (Å²) in [7, 11) is -1.62. The van der Waals surface area contributed by atoms with E-state index in [0.29, 0.717) is 17.1 Å². The summed E-state index contributed by atoms with van der Waals surface area (Å²) in [5, 5.41) is 0. The molecule has 0 saturated heterocycles. The van der Waals surface area contributed by atoms with Crippen LogP contribution in [0.4, 0.5) is 5.69 Å². The van der Waals surface area contributed by atoms with Gasteiger partial charge in [0.15, 0.2) is 0 Å². The zero-order valence-electron chi connectivity index (χ0n) is 10.6. The minimum atomic E-state index is -3.43. The summed E-state index contributed by atoms with van der Waals surface area (Å²) in [6, 6.07) is 6.92. The second-order valence-corrected chi connectivity index (χ2v) is 6.04. The number of nitrogens with two attached hydrogens (primary N) is 1. The van der Waals surface area contributed by atoms with Crippen molar-refractivity contribution in [3.05, 3.63) is 48.0 Å². The molecule has 0 unspecified atom stereocenters. The van der Waals surface area contributed by atoms with Crippen LogP contribution >= 0.6 is 0 Å². The second-order valence-electron chi connectivity index (χ2n) is 4.23. The van der Waals surface area contributed by atoms with Crippen LogP contribution in [0.2, 0.25) is 0 Å². The number of anilines is 1. The van der Waals surface area contributed by atoms with Crippen LogP contribution in [0.25, 0.3) is 0 Å². The Morgan fingerprint density at radius 3 is 2.74 bits per heavy atom. The number of aryl methyl sites for hydroxylation is 1. The lowest BCUT2D eigenvalue weighted by atomic mass is 10.2. The molecule has 0 aliphatic rings. The van der Waals surface area contributed by atoms with E-state index >= 15 is 0 Å². The molecule has 0 bridgehead atoms. The number of hydrogen-bond acceptors (Lipinski definition) is 4. The molecule has 2 rings (SSSR count). The molecule has 1 aromatic carbocycles. The molecule has 0 fully saturated rings. The topological polar surface area (TPSA) is 90.0 Å². The highest BCUT2D eigenvalue weighted by Gasteiger charge is 2.14. The van der Waals surface area contributed by atoms with Gasteiger partial charge in [0.2, 0.25) is 10.0 Å². The third-order valence-electron chi connectivity index (χ3n) is 2.77. The van der Waals surface area contributed by atoms with Crippen molar-refractivity contribution in [1.82, 2.24) is 14.3 Å². The summed E-state index contributed by atoms with van der Waals surface area (Å²) in [6.45, 7) is 0.165. The van der Waals surface area contributed by atoms with Crippen LogP contribution in [-0.2, 0) is 29.4 Å². The average Bonchev–Trinajstić information content (AvgIpc) is 2.75. The van der Waals surface area contributed by atoms with Crippen LogP contribution in [0.1, 0.15) is 11.4 Å². The van der Waals surface area contributed by atoms with Crippen molar-refractivity contribution in [2.75, 3.05) is 5.73 Å². The molecule has 19 heavy (non-hydrogen) atoms. The standard InChI is InChI=1S/C12H16N4O2S/c1-16-7-6-14-12(16)8-15-19(17,18)9-10-4-2-3-5-11(10)13/h2-7,15H,8-9,13H2,1H3. The summed E-state index contributed by atoms with van der Waals surface area (Å²) in [5.41, 5.74) is 6.80. The third-order valence-corrected chi connectivity index (χ3v) is 4.05. The Labute approximate surface area is 112 Å². The van der Waals surface area contributed by atoms with Crippen molar-refractivity contribution < 1.29 is 8.42 Å². The summed E-state index contributed by atoms with van der Waals surface area (Å²) in [5.74, 6) is 0.522. The van der Waals surface area contributed by atoms with E-state index in [4.69, 9.17) is 5.73 Å². The van der Waals surface area contributed by atoms with Crippen LogP contribution < -0.4 is 10.5 Å². The lowest BCUT2D eigenvalue weighted by Crippen LogP contribution is -2.26. The molecular formula is C12H16N4O2S. The number of para-hydroxylation sites is 1. The number of aromatic nitrogens is 2. The number of nitrogens with one attached hydrogen (secondary N) is 1. The van der Waals surface area contributed by atoms with E-state index in [1.165, 1.54) is 0 Å². The number of nitrogen functional groups attached to an aromatic ring is 1. The fourth-order valence-corrected chi connectivity index (χ4v) is 2.79. The molecule has 102 valence electrons. The van der Waals surface area contributed by atoms with E-state index in [2.05, 4.69) is 9.71 Å². The first-order chi connectivity index (χ1) is 8.98. The lowest BCUT2D eigenvalue weighted by Gasteiger charge is -2.08. The van der Waals surface area contributed by atoms with Gasteiger partial charge in [-0.1, -0.05) is 18.2 Å². The van der Waals surface area contributed by atoms with Gasteiger partial charge in [-0.3, -0.25) is 0 Å². The van der Waals surface area contributed by atoms with Crippen LogP contribution in [-0.4, -0.2) is 18.0 Å². The SMILES string of the molecule is Cn1ccnc1CNS(=O)(=O)Cc1ccccc1N. The first-order valence-corrected chi connectivity index (χ1v) is 7.40. The smallest absolute Gasteiger partial charge is 0.216 e. The van der Waals surface area contributed by atoms with E-state index in [-0.39, 0.29) is 12.3 Å². The van der Waals surface area contributed by atoms with E-state index in [1.54, 1.807) is 41.2 Å². The van der Waals surface area contributed by atoms with Gasteiger partial charge in [-0.2, -0.15) is 0 Å². The quantitative estimate of drug-likeness (QED) is 0.786. The summed E-state index contributed by atoms with van der Waals surface area (Å²) >= 11 is 0. The molecule has 0 saturated carbocycles. The first kappa shape index (κ1) is 13.6. The average molecular weight is 280 g/mol. The lowest BCUT2D eigenvalue weighted by molar-refractivity contribution is 0.577. The Morgan fingerprint density at radius 1 is 1.37 bits per heavy atom. The van der Waals surface area contributed by atoms with E-state index in [0.717, 1.165) is 0 Å². The maximum atomic E-state index is 12.0. The zero-order valence-corrected chi connectivity index (χ0v) is 11.4. The largest absolute Gasteiger partial charge is 0.398 e. The van der Waals surface area contributed by atoms with Crippen LogP contribution in [0, 0.1) is 0 Å². The van der Waals surface area contributed by atoms with Crippen LogP contribution in [0.3, 0.4) is 0 Å². The highest BCUT2D eigenvalue weighted by Crippen LogP contribution is 2.13. The van der Waals surface area contributed by atoms with Gasteiger partial charge < -0.3 is 10.3 Å². The molecule has 0 aliphatic heterocycles. The predicted octanol–water partition coefficient (Wildman–Crippen LogP) is 0.622. The molecule has 0 atom stereocenters. The third kappa shape index (κ3) is 3.55. The Bertz CT molecular complexity index is 664. The van der Waals surface area contributed by atoms with Gasteiger partial charge in [-0.15, -0.1) is 0 Å². The van der Waals surface area contributed by atoms with Gasteiger partial charge in [0.1, 0.15) is 5.82 Å². The van der Waals surface area contributed by atoms with Crippen molar-refractivity contribution in [2.45, 2.75) is 12.3 Å². The van der Waals surface area contributed by atoms with Gasteiger partial charge in [0.05, 0.1) is 12.3 Å². The highest BCUT2D eigenvalue weighted by molar-refractivity contribution is 7.88. The summed E-state index contributed by atoms with van der Waals surface area (Å²) in [6.07, 6.45) is 3.39. The van der Waals surface area contributed by atoms with Gasteiger partial charge in [0, 0.05) is 25.1 Å². The molecule has 3 N–H and O–H groups in total. The van der Waals surface area contributed by atoms with Crippen LogP contribution in [0.15, 0.2) is 36.7 Å². The summed E-state index contributed by atoms with van der Waals surface area (Å²) in [4.78, 5) is 4.05. The maximum absolute atomic E-state index is 12.0. The van der Waals surface area contributed by atoms with Gasteiger partial charge >= 0.3 is 0 Å². The van der Waals surface area contributed by atoms with Crippen LogP contribution in [0.5, 0.6) is 0 Å². The van der Waals surface area contributed by atoms with Crippen molar-refractivity contribution in [2.24, 2.45) is 7.05 Å². The predicted molar refractivity (Wildman–Crippen MR) is 73.5 cm³/mol. The second kappa shape index (κ2) is 5.41. The molecule has 0 radical (unpaired) electrons. The van der Waals surface area contributed by atoms with Crippen molar-refractivity contribution >= 4 is 15.7 Å². The fraction of sp³-hybridized carbons (Fsp3) is 0.250. The Hall–Kier alpha value is -1.86. The van der Waals surface area contributed by atoms with E-state index in [9.17, 15) is 8.42 Å².